The smallest absolute Gasteiger partial charge is 0.305 e. The lowest BCUT2D eigenvalue weighted by molar-refractivity contribution is -0.148. The van der Waals surface area contributed by atoms with Gasteiger partial charge in [-0.25, -0.2) is 4.98 Å². The number of aromatic amines is 1. The lowest BCUT2D eigenvalue weighted by Crippen LogP contribution is -2.60. The lowest BCUT2D eigenvalue weighted by atomic mass is 9.89. The standard InChI is InChI=1S/C77H106N14O21S3/c1-42(69(104)84-53(17-8-9-20-63(78)79)73(108)86-55(68(80)103)35-66(101)102)27-60(94)54(34-51-36-81-41-82-51)85-72(107)50(33-65(99)100)32-62(96)56-39-114-37-46-15-10-16-47(29-46)38-115-40-57(88-70(105)48(23-26-113-4)28-43(2)92)76(111)91-25-12-19-59(91)77(112)90-24-11-18-58(90)74(109)89-67(44(3)93)75(110)83-52(21-22-64(97)98)61(95)31-49(71(106)87-56)30-45-13-6-5-7-14-45/h5-7,10,13-16,29,36,41-42,44,48-50,52-59,67,93H,8-9,11-12,17-28,30-35,37-40H2,1-4H3,(H3,78,79)(H2,80,103)(H,81,82)(H,83,110)(H,84,104)(H,85,107)(H,86,108)(H,87,106)(H,88,105)(H,89,109)(H,97,98)(H,99,100)(H,101,102)/t42-,44-,48-,49-,50+,52+,53+,54+,55+,56+,57+,58+,59+,67+/m1/s1. The Labute approximate surface area is 678 Å². The van der Waals surface area contributed by atoms with Gasteiger partial charge >= 0.3 is 17.9 Å². The van der Waals surface area contributed by atoms with Crippen LogP contribution in [0.15, 0.2) is 67.1 Å². The van der Waals surface area contributed by atoms with Gasteiger partial charge in [0.1, 0.15) is 42.0 Å². The number of rotatable bonds is 37. The first kappa shape index (κ1) is 93.8. The second-order valence-corrected chi connectivity index (χ2v) is 32.3. The molecule has 0 radical (unpaired) electrons. The zero-order valence-electron chi connectivity index (χ0n) is 64.8. The van der Waals surface area contributed by atoms with E-state index in [-0.39, 0.29) is 111 Å². The van der Waals surface area contributed by atoms with Crippen LogP contribution in [0.1, 0.15) is 152 Å². The average molecular weight is 1660 g/mol. The molecule has 3 aliphatic rings. The number of nitrogens with two attached hydrogens (primary N) is 2. The molecule has 3 aliphatic heterocycles. The third-order valence-corrected chi connectivity index (χ3v) is 22.8. The van der Waals surface area contributed by atoms with Gasteiger partial charge in [-0.05, 0) is 100 Å². The topological polar surface area (TPSA) is 566 Å². The third kappa shape index (κ3) is 30.9. The minimum atomic E-state index is -1.83. The Balaban J connectivity index is 1.36. The highest BCUT2D eigenvalue weighted by Crippen LogP contribution is 2.29. The number of amides is 10. The molecular weight excluding hydrogens is 1550 g/mol. The predicted molar refractivity (Wildman–Crippen MR) is 424 cm³/mol. The fraction of sp³-hybridized carbons (Fsp3) is 0.571. The first-order valence-corrected chi connectivity index (χ1v) is 41.8. The number of Topliss-reactive ketones (excluding diaryl/α,β-unsaturated/α-hetero) is 4. The van der Waals surface area contributed by atoms with E-state index in [4.69, 9.17) is 16.9 Å². The number of nitrogens with one attached hydrogen (secondary N) is 9. The van der Waals surface area contributed by atoms with E-state index in [9.17, 15) is 87.5 Å². The summed E-state index contributed by atoms with van der Waals surface area (Å²) in [5.74, 6) is -20.9. The summed E-state index contributed by atoms with van der Waals surface area (Å²) in [5.41, 5.74) is 13.1. The average Bonchev–Trinajstić information content (AvgIpc) is 1.67. The van der Waals surface area contributed by atoms with Gasteiger partial charge < -0.3 is 88.7 Å². The molecule has 2 saturated heterocycles. The van der Waals surface area contributed by atoms with Crippen molar-refractivity contribution in [3.05, 3.63) is 89.5 Å². The summed E-state index contributed by atoms with van der Waals surface area (Å²) in [5, 5.41) is 66.4. The number of hydrogen-bond acceptors (Lipinski definition) is 23. The molecule has 0 saturated carbocycles. The van der Waals surface area contributed by atoms with E-state index in [1.54, 1.807) is 42.5 Å². The van der Waals surface area contributed by atoms with Gasteiger partial charge in [0.25, 0.3) is 0 Å². The van der Waals surface area contributed by atoms with E-state index >= 15 is 14.4 Å². The molecule has 1 aromatic heterocycles. The largest absolute Gasteiger partial charge is 0.481 e. The van der Waals surface area contributed by atoms with Crippen LogP contribution in [0.5, 0.6) is 0 Å². The molecule has 0 unspecified atom stereocenters. The van der Waals surface area contributed by atoms with Crippen molar-refractivity contribution in [2.24, 2.45) is 35.1 Å². The summed E-state index contributed by atoms with van der Waals surface area (Å²) in [6, 6.07) is 2.14. The normalized spacial score (nSPS) is 21.4. The maximum absolute atomic E-state index is 15.2. The molecule has 0 spiro atoms. The van der Waals surface area contributed by atoms with Crippen molar-refractivity contribution in [1.82, 2.24) is 57.0 Å². The number of nitrogens with zero attached hydrogens (tertiary/aromatic N) is 3. The highest BCUT2D eigenvalue weighted by atomic mass is 32.2. The summed E-state index contributed by atoms with van der Waals surface area (Å²) in [6.07, 6.45) is -1.56. The van der Waals surface area contributed by atoms with Crippen molar-refractivity contribution in [1.29, 1.82) is 5.41 Å². The van der Waals surface area contributed by atoms with Crippen LogP contribution in [0.25, 0.3) is 0 Å². The molecule has 10 amide bonds. The molecule has 14 atom stereocenters. The SMILES string of the molecule is CSCC[C@H](CC(C)=O)C(=O)N[C@H]1CSCc2cccc(c2)CSC[C@@H](C(=O)C[C@@H](CC(=O)O)C(=O)N[C@@H](Cc2cnc[nH]2)C(=O)C[C@@H](C)C(=O)N[C@@H](CCCCC(=N)N)C(=O)N[C@@H](CC(=O)O)C(N)=O)NC(=O)[C@H](Cc2ccccc2)CC(=O)[C@H](CCC(=O)O)NC(=O)[C@H]([C@@H](C)O)NC(=O)[C@@H]2CCCN2C(=O)[C@@H]2CCCN2C1=O. The number of primary amides is 1. The van der Waals surface area contributed by atoms with E-state index < -0.39 is 223 Å². The van der Waals surface area contributed by atoms with Gasteiger partial charge in [0.05, 0.1) is 55.2 Å². The molecule has 3 aromatic rings. The summed E-state index contributed by atoms with van der Waals surface area (Å²) >= 11 is 3.89. The number of benzene rings is 2. The minimum absolute atomic E-state index is 0.00996. The van der Waals surface area contributed by atoms with Crippen LogP contribution in [-0.4, -0.2) is 243 Å². The summed E-state index contributed by atoms with van der Waals surface area (Å²) in [6.45, 7) is 4.03. The number of carboxylic acids is 3. The van der Waals surface area contributed by atoms with Crippen molar-refractivity contribution in [3.8, 4) is 0 Å². The molecular formula is C77H106N14O21S3. The highest BCUT2D eigenvalue weighted by molar-refractivity contribution is 7.99. The number of unbranched alkanes of at least 4 members (excludes halogenated alkanes) is 1. The van der Waals surface area contributed by atoms with E-state index in [1.807, 2.05) is 18.4 Å². The molecule has 0 aliphatic carbocycles. The van der Waals surface area contributed by atoms with Crippen LogP contribution < -0.4 is 48.7 Å². The molecule has 6 rings (SSSR count). The van der Waals surface area contributed by atoms with Gasteiger partial charge in [-0.2, -0.15) is 35.3 Å². The van der Waals surface area contributed by atoms with Gasteiger partial charge in [-0.1, -0.05) is 67.9 Å². The first-order chi connectivity index (χ1) is 54.6. The molecule has 2 bridgehead atoms. The monoisotopic (exact) mass is 1660 g/mol. The number of ketones is 4. The van der Waals surface area contributed by atoms with Crippen LogP contribution in [-0.2, 0) is 106 Å². The maximum Gasteiger partial charge on any atom is 0.305 e. The van der Waals surface area contributed by atoms with Gasteiger partial charge in [0, 0.05) is 111 Å². The fourth-order valence-electron chi connectivity index (χ4n) is 13.8. The Kier molecular flexibility index (Phi) is 38.4. The Morgan fingerprint density at radius 1 is 0.670 bits per heavy atom. The number of aliphatic carboxylic acids is 3. The number of H-pyrrole nitrogens is 1. The molecule has 115 heavy (non-hydrogen) atoms. The van der Waals surface area contributed by atoms with Crippen molar-refractivity contribution in [3.63, 3.8) is 0 Å². The number of amidine groups is 1. The van der Waals surface area contributed by atoms with Crippen molar-refractivity contribution >= 4 is 141 Å². The lowest BCUT2D eigenvalue weighted by Gasteiger charge is -2.34. The van der Waals surface area contributed by atoms with Crippen LogP contribution in [0.4, 0.5) is 0 Å². The van der Waals surface area contributed by atoms with E-state index in [0.29, 0.717) is 36.1 Å². The number of aliphatic hydroxyl groups is 1. The second kappa shape index (κ2) is 47.1. The number of hydrogen-bond donors (Lipinski definition) is 15. The third-order valence-electron chi connectivity index (χ3n) is 19.9. The maximum atomic E-state index is 15.2. The minimum Gasteiger partial charge on any atom is -0.481 e. The van der Waals surface area contributed by atoms with Crippen molar-refractivity contribution in [2.45, 2.75) is 215 Å². The van der Waals surface area contributed by atoms with Gasteiger partial charge in [0.15, 0.2) is 17.3 Å². The molecule has 2 fully saturated rings. The number of carboxylic acid groups (broad SMARTS) is 3. The van der Waals surface area contributed by atoms with Gasteiger partial charge in [-0.15, -0.1) is 0 Å². The number of carbonyl (C=O) groups is 17. The zero-order chi connectivity index (χ0) is 84.6. The van der Waals surface area contributed by atoms with Gasteiger partial charge in [0.2, 0.25) is 59.1 Å². The first-order valence-electron chi connectivity index (χ1n) is 38.1. The number of aliphatic hydroxyl groups excluding tert-OH is 1. The number of fused-ring (bicyclic) bond motifs is 4. The van der Waals surface area contributed by atoms with Crippen molar-refractivity contribution in [2.75, 3.05) is 36.6 Å². The molecule has 4 heterocycles. The zero-order valence-corrected chi connectivity index (χ0v) is 67.2. The van der Waals surface area contributed by atoms with Crippen LogP contribution >= 0.6 is 35.3 Å². The van der Waals surface area contributed by atoms with E-state index in [2.05, 4.69) is 47.2 Å². The van der Waals surface area contributed by atoms with Gasteiger partial charge in [-0.3, -0.25) is 82.1 Å². The number of carbonyl (C=O) groups excluding carboxylic acids is 14. The molecule has 628 valence electrons. The van der Waals surface area contributed by atoms with Crippen molar-refractivity contribution < 1.29 is 102 Å². The predicted octanol–water partition coefficient (Wildman–Crippen LogP) is 1.02. The number of imidazole rings is 1. The molecule has 38 heteroatoms. The Bertz CT molecular complexity index is 3970. The number of aromatic nitrogens is 2. The van der Waals surface area contributed by atoms with Crippen LogP contribution in [0.3, 0.4) is 0 Å². The van der Waals surface area contributed by atoms with E-state index in [0.717, 1.165) is 17.3 Å². The summed E-state index contributed by atoms with van der Waals surface area (Å²) in [4.78, 5) is 246. The molecule has 2 aromatic carbocycles. The van der Waals surface area contributed by atoms with E-state index in [1.165, 1.54) is 66.6 Å². The summed E-state index contributed by atoms with van der Waals surface area (Å²) in [7, 11) is 0. The Morgan fingerprint density at radius 2 is 1.31 bits per heavy atom. The summed E-state index contributed by atoms with van der Waals surface area (Å²) < 4.78 is 0. The highest BCUT2D eigenvalue weighted by Gasteiger charge is 2.46. The second-order valence-electron chi connectivity index (χ2n) is 29.3. The Hall–Kier alpha value is -10.1. The van der Waals surface area contributed by atoms with Crippen LogP contribution in [0.2, 0.25) is 0 Å². The quantitative estimate of drug-likeness (QED) is 0.0218. The van der Waals surface area contributed by atoms with Crippen LogP contribution in [0, 0.1) is 29.1 Å². The fourth-order valence-corrected chi connectivity index (χ4v) is 16.3. The Morgan fingerprint density at radius 3 is 1.92 bits per heavy atom. The number of thioether (sulfide) groups is 3. The molecule has 17 N–H and O–H groups in total. The molecule has 35 nitrogen and oxygen atoms in total.